The Kier molecular flexibility index (Phi) is 5.20. The molecule has 3 aromatic rings. The van der Waals surface area contributed by atoms with Gasteiger partial charge in [-0.3, -0.25) is 4.79 Å². The Bertz CT molecular complexity index is 1060. The second kappa shape index (κ2) is 7.40. The largest absolute Gasteiger partial charge is 0.489 e. The van der Waals surface area contributed by atoms with E-state index < -0.39 is 11.6 Å². The highest BCUT2D eigenvalue weighted by molar-refractivity contribution is 6.35. The number of aryl methyl sites for hydroxylation is 1. The van der Waals surface area contributed by atoms with E-state index in [4.69, 9.17) is 37.5 Å². The highest BCUT2D eigenvalue weighted by Crippen LogP contribution is 2.26. The smallest absolute Gasteiger partial charge is 0.340 e. The van der Waals surface area contributed by atoms with Crippen molar-refractivity contribution < 1.29 is 19.1 Å². The number of halogens is 2. The van der Waals surface area contributed by atoms with Crippen LogP contribution in [0.2, 0.25) is 10.0 Å². The van der Waals surface area contributed by atoms with E-state index in [0.29, 0.717) is 32.3 Å². The second-order valence-electron chi connectivity index (χ2n) is 5.75. The maximum absolute atomic E-state index is 12.1. The number of benzene rings is 2. The quantitative estimate of drug-likeness (QED) is 0.641. The maximum atomic E-state index is 12.1. The first-order chi connectivity index (χ1) is 12.3. The summed E-state index contributed by atoms with van der Waals surface area (Å²) >= 11 is 12.0. The van der Waals surface area contributed by atoms with Crippen LogP contribution in [-0.4, -0.2) is 11.1 Å². The van der Waals surface area contributed by atoms with Crippen molar-refractivity contribution in [3.63, 3.8) is 0 Å². The van der Waals surface area contributed by atoms with Gasteiger partial charge in [-0.1, -0.05) is 29.3 Å². The Morgan fingerprint density at radius 2 is 1.96 bits per heavy atom. The number of hydrogen-bond donors (Lipinski definition) is 1. The molecular weight excluding hydrogens is 379 g/mol. The van der Waals surface area contributed by atoms with Crippen LogP contribution in [0.4, 0.5) is 0 Å². The zero-order chi connectivity index (χ0) is 18.8. The van der Waals surface area contributed by atoms with E-state index in [-0.39, 0.29) is 18.6 Å². The fourth-order valence-electron chi connectivity index (χ4n) is 2.62. The van der Waals surface area contributed by atoms with Crippen molar-refractivity contribution in [1.29, 1.82) is 0 Å². The van der Waals surface area contributed by atoms with Gasteiger partial charge in [0.05, 0.1) is 12.0 Å². The van der Waals surface area contributed by atoms with E-state index in [1.165, 1.54) is 0 Å². The van der Waals surface area contributed by atoms with Crippen LogP contribution < -0.4 is 10.4 Å². The van der Waals surface area contributed by atoms with Crippen LogP contribution in [-0.2, 0) is 17.8 Å². The van der Waals surface area contributed by atoms with Gasteiger partial charge in [-0.25, -0.2) is 4.79 Å². The van der Waals surface area contributed by atoms with Crippen molar-refractivity contribution >= 4 is 40.1 Å². The Balaban J connectivity index is 1.89. The Labute approximate surface area is 158 Å². The monoisotopic (exact) mass is 392 g/mol. The number of hydrogen-bond acceptors (Lipinski definition) is 4. The molecule has 1 aromatic heterocycles. The third-order valence-electron chi connectivity index (χ3n) is 4.00. The molecule has 0 radical (unpaired) electrons. The standard InChI is InChI=1S/C19H14Cl2O5/c1-10-14-5-4-13(25-9-11-2-3-12(20)6-16(11)21)7-17(14)26-19(24)15(10)8-18(22)23/h2-7H,8-9H2,1H3,(H,22,23). The number of rotatable bonds is 5. The summed E-state index contributed by atoms with van der Waals surface area (Å²) in [5, 5.41) is 10.6. The molecule has 0 aliphatic heterocycles. The normalized spacial score (nSPS) is 10.9. The second-order valence-corrected chi connectivity index (χ2v) is 6.59. The molecule has 1 heterocycles. The van der Waals surface area contributed by atoms with Crippen molar-refractivity contribution in [2.24, 2.45) is 0 Å². The molecule has 134 valence electrons. The number of fused-ring (bicyclic) bond motifs is 1. The van der Waals surface area contributed by atoms with Crippen molar-refractivity contribution in [2.75, 3.05) is 0 Å². The molecule has 2 aromatic carbocycles. The van der Waals surface area contributed by atoms with Crippen LogP contribution in [0.5, 0.6) is 5.75 Å². The minimum atomic E-state index is -1.08. The molecule has 0 amide bonds. The molecule has 0 spiro atoms. The topological polar surface area (TPSA) is 76.7 Å². The molecule has 0 saturated carbocycles. The van der Waals surface area contributed by atoms with Crippen LogP contribution in [0, 0.1) is 6.92 Å². The summed E-state index contributed by atoms with van der Waals surface area (Å²) in [5.41, 5.74) is 1.18. The van der Waals surface area contributed by atoms with E-state index in [2.05, 4.69) is 0 Å². The van der Waals surface area contributed by atoms with Gasteiger partial charge in [-0.2, -0.15) is 0 Å². The van der Waals surface area contributed by atoms with E-state index in [9.17, 15) is 9.59 Å². The van der Waals surface area contributed by atoms with Crippen molar-refractivity contribution in [1.82, 2.24) is 0 Å². The number of carbonyl (C=O) groups is 1. The Morgan fingerprint density at radius 1 is 1.19 bits per heavy atom. The summed E-state index contributed by atoms with van der Waals surface area (Å²) in [6.07, 6.45) is -0.378. The summed E-state index contributed by atoms with van der Waals surface area (Å²) in [4.78, 5) is 23.0. The van der Waals surface area contributed by atoms with Crippen molar-refractivity contribution in [3.8, 4) is 5.75 Å². The van der Waals surface area contributed by atoms with Gasteiger partial charge in [-0.15, -0.1) is 0 Å². The molecule has 0 aliphatic carbocycles. The third kappa shape index (κ3) is 3.84. The molecule has 0 atom stereocenters. The Hall–Kier alpha value is -2.50. The van der Waals surface area contributed by atoms with Crippen LogP contribution in [0.1, 0.15) is 16.7 Å². The Morgan fingerprint density at radius 3 is 2.65 bits per heavy atom. The summed E-state index contributed by atoms with van der Waals surface area (Å²) in [7, 11) is 0. The lowest BCUT2D eigenvalue weighted by atomic mass is 10.0. The molecule has 0 unspecified atom stereocenters. The van der Waals surface area contributed by atoms with E-state index in [1.807, 2.05) is 0 Å². The first-order valence-corrected chi connectivity index (χ1v) is 8.45. The summed E-state index contributed by atoms with van der Waals surface area (Å²) < 4.78 is 11.0. The predicted molar refractivity (Wildman–Crippen MR) is 99.4 cm³/mol. The molecule has 5 nitrogen and oxygen atoms in total. The molecule has 7 heteroatoms. The fourth-order valence-corrected chi connectivity index (χ4v) is 3.08. The highest BCUT2D eigenvalue weighted by atomic mass is 35.5. The van der Waals surface area contributed by atoms with E-state index in [1.54, 1.807) is 43.3 Å². The van der Waals surface area contributed by atoms with Gasteiger partial charge < -0.3 is 14.3 Å². The number of aliphatic carboxylic acids is 1. The SMILES string of the molecule is Cc1c(CC(=O)O)c(=O)oc2cc(OCc3ccc(Cl)cc3Cl)ccc12. The lowest BCUT2D eigenvalue weighted by molar-refractivity contribution is -0.136. The molecule has 0 saturated heterocycles. The first-order valence-electron chi connectivity index (χ1n) is 7.70. The number of carboxylic acids is 1. The lowest BCUT2D eigenvalue weighted by Gasteiger charge is -2.10. The minimum absolute atomic E-state index is 0.145. The van der Waals surface area contributed by atoms with Gasteiger partial charge in [0, 0.05) is 27.1 Å². The third-order valence-corrected chi connectivity index (χ3v) is 4.58. The van der Waals surface area contributed by atoms with Crippen LogP contribution in [0.25, 0.3) is 11.0 Å². The molecule has 1 N–H and O–H groups in total. The summed E-state index contributed by atoms with van der Waals surface area (Å²) in [6.45, 7) is 1.92. The lowest BCUT2D eigenvalue weighted by Crippen LogP contribution is -2.14. The maximum Gasteiger partial charge on any atom is 0.340 e. The predicted octanol–water partition coefficient (Wildman–Crippen LogP) is 4.61. The van der Waals surface area contributed by atoms with Crippen LogP contribution >= 0.6 is 23.2 Å². The minimum Gasteiger partial charge on any atom is -0.489 e. The van der Waals surface area contributed by atoms with Gasteiger partial charge in [-0.05, 0) is 36.8 Å². The van der Waals surface area contributed by atoms with Crippen LogP contribution in [0.15, 0.2) is 45.6 Å². The van der Waals surface area contributed by atoms with Gasteiger partial charge in [0.15, 0.2) is 0 Å². The molecular formula is C19H14Cl2O5. The van der Waals surface area contributed by atoms with E-state index in [0.717, 1.165) is 5.56 Å². The number of ether oxygens (including phenoxy) is 1. The van der Waals surface area contributed by atoms with Gasteiger partial charge in [0.1, 0.15) is 17.9 Å². The van der Waals surface area contributed by atoms with Crippen molar-refractivity contribution in [3.05, 3.63) is 73.6 Å². The summed E-state index contributed by atoms with van der Waals surface area (Å²) in [5.74, 6) is -0.586. The summed E-state index contributed by atoms with van der Waals surface area (Å²) in [6, 6.07) is 10.2. The zero-order valence-electron chi connectivity index (χ0n) is 13.7. The van der Waals surface area contributed by atoms with Gasteiger partial charge >= 0.3 is 11.6 Å². The zero-order valence-corrected chi connectivity index (χ0v) is 15.2. The molecule has 0 fully saturated rings. The molecule has 3 rings (SSSR count). The average molecular weight is 393 g/mol. The first kappa shape index (κ1) is 18.3. The van der Waals surface area contributed by atoms with Gasteiger partial charge in [0.2, 0.25) is 0 Å². The highest BCUT2D eigenvalue weighted by Gasteiger charge is 2.15. The fraction of sp³-hybridized carbons (Fsp3) is 0.158. The van der Waals surface area contributed by atoms with Gasteiger partial charge in [0.25, 0.3) is 0 Å². The van der Waals surface area contributed by atoms with Crippen LogP contribution in [0.3, 0.4) is 0 Å². The van der Waals surface area contributed by atoms with E-state index >= 15 is 0 Å². The number of carboxylic acid groups (broad SMARTS) is 1. The average Bonchev–Trinajstić information content (AvgIpc) is 2.57. The molecule has 26 heavy (non-hydrogen) atoms. The molecule has 0 aliphatic rings. The van der Waals surface area contributed by atoms with Crippen molar-refractivity contribution in [2.45, 2.75) is 20.0 Å². The molecule has 0 bridgehead atoms.